The van der Waals surface area contributed by atoms with Gasteiger partial charge in [0.1, 0.15) is 10.8 Å². The summed E-state index contributed by atoms with van der Waals surface area (Å²) in [6.45, 7) is 3.70. The smallest absolute Gasteiger partial charge is 0.217 e. The molecule has 0 bridgehead atoms. The molecule has 1 aromatic rings. The fraction of sp³-hybridized carbons (Fsp3) is 0.500. The summed E-state index contributed by atoms with van der Waals surface area (Å²) in [7, 11) is 0. The van der Waals surface area contributed by atoms with Crippen LogP contribution in [0.25, 0.3) is 0 Å². The monoisotopic (exact) mass is 292 g/mol. The number of nitrogens with two attached hydrogens (primary N) is 2. The summed E-state index contributed by atoms with van der Waals surface area (Å²) in [5.41, 5.74) is 12.7. The Kier molecular flexibility index (Phi) is 4.54. The molecule has 1 aromatic heterocycles. The molecule has 1 amide bonds. The number of amides is 1. The molecule has 1 fully saturated rings. The van der Waals surface area contributed by atoms with Gasteiger partial charge in [-0.2, -0.15) is 0 Å². The Morgan fingerprint density at radius 1 is 1.40 bits per heavy atom. The first-order chi connectivity index (χ1) is 9.45. The summed E-state index contributed by atoms with van der Waals surface area (Å²) < 4.78 is 0. The number of anilines is 1. The van der Waals surface area contributed by atoms with Crippen LogP contribution in [0.4, 0.5) is 5.82 Å². The lowest BCUT2D eigenvalue weighted by atomic mass is 9.93. The molecular formula is C14H20N4OS. The number of aromatic nitrogens is 1. The molecule has 0 aliphatic carbocycles. The largest absolute Gasteiger partial charge is 0.389 e. The first-order valence-corrected chi connectivity index (χ1v) is 7.18. The van der Waals surface area contributed by atoms with E-state index < -0.39 is 0 Å². The molecule has 4 N–H and O–H groups in total. The summed E-state index contributed by atoms with van der Waals surface area (Å²) in [4.78, 5) is 18.1. The Morgan fingerprint density at radius 3 is 2.60 bits per heavy atom. The Morgan fingerprint density at radius 2 is 2.05 bits per heavy atom. The van der Waals surface area contributed by atoms with E-state index in [2.05, 4.69) is 9.88 Å². The van der Waals surface area contributed by atoms with E-state index in [-0.39, 0.29) is 5.91 Å². The molecule has 20 heavy (non-hydrogen) atoms. The highest BCUT2D eigenvalue weighted by Gasteiger charge is 2.22. The van der Waals surface area contributed by atoms with E-state index in [1.165, 1.54) is 0 Å². The number of nitrogens with zero attached hydrogens (tertiary/aromatic N) is 2. The molecule has 0 saturated carbocycles. The normalized spacial score (nSPS) is 16.1. The highest BCUT2D eigenvalue weighted by Crippen LogP contribution is 2.24. The van der Waals surface area contributed by atoms with E-state index in [0.29, 0.717) is 17.3 Å². The Bertz CT molecular complexity index is 524. The van der Waals surface area contributed by atoms with Gasteiger partial charge >= 0.3 is 0 Å². The lowest BCUT2D eigenvalue weighted by molar-refractivity contribution is -0.119. The minimum Gasteiger partial charge on any atom is -0.389 e. The Hall–Kier alpha value is -1.69. The van der Waals surface area contributed by atoms with Crippen molar-refractivity contribution in [3.63, 3.8) is 0 Å². The molecule has 1 aliphatic heterocycles. The summed E-state index contributed by atoms with van der Waals surface area (Å²) in [6.07, 6.45) is 2.40. The fourth-order valence-electron chi connectivity index (χ4n) is 2.61. The molecule has 0 radical (unpaired) electrons. The van der Waals surface area contributed by atoms with Crippen molar-refractivity contribution in [1.29, 1.82) is 0 Å². The van der Waals surface area contributed by atoms with Gasteiger partial charge in [0.15, 0.2) is 0 Å². The summed E-state index contributed by atoms with van der Waals surface area (Å²) in [6, 6.07) is 3.83. The van der Waals surface area contributed by atoms with Crippen LogP contribution in [0.15, 0.2) is 12.1 Å². The SMILES string of the molecule is Cc1cc(C(N)=S)cc(N2CCC(CC(N)=O)CC2)n1. The van der Waals surface area contributed by atoms with Crippen LogP contribution in [0.5, 0.6) is 0 Å². The van der Waals surface area contributed by atoms with Crippen LogP contribution in [0.1, 0.15) is 30.5 Å². The standard InChI is InChI=1S/C14H20N4OS/c1-9-6-11(14(16)20)8-13(17-9)18-4-2-10(3-5-18)7-12(15)19/h6,8,10H,2-5,7H2,1H3,(H2,15,19)(H2,16,20). The second kappa shape index (κ2) is 6.17. The lowest BCUT2D eigenvalue weighted by Gasteiger charge is -2.32. The third kappa shape index (κ3) is 3.66. The molecule has 1 saturated heterocycles. The molecule has 1 aliphatic rings. The molecule has 0 atom stereocenters. The average Bonchev–Trinajstić information content (AvgIpc) is 2.38. The van der Waals surface area contributed by atoms with Crippen molar-refractivity contribution >= 4 is 28.9 Å². The van der Waals surface area contributed by atoms with Gasteiger partial charge in [-0.1, -0.05) is 12.2 Å². The van der Waals surface area contributed by atoms with Crippen LogP contribution >= 0.6 is 12.2 Å². The van der Waals surface area contributed by atoms with Crippen molar-refractivity contribution in [3.05, 3.63) is 23.4 Å². The van der Waals surface area contributed by atoms with Gasteiger partial charge in [0.25, 0.3) is 0 Å². The number of aryl methyl sites for hydroxylation is 1. The average molecular weight is 292 g/mol. The maximum atomic E-state index is 11.0. The van der Waals surface area contributed by atoms with Gasteiger partial charge in [-0.3, -0.25) is 4.79 Å². The second-order valence-corrected chi connectivity index (χ2v) is 5.76. The predicted molar refractivity (Wildman–Crippen MR) is 83.6 cm³/mol. The zero-order chi connectivity index (χ0) is 14.7. The lowest BCUT2D eigenvalue weighted by Crippen LogP contribution is -2.35. The second-order valence-electron chi connectivity index (χ2n) is 5.32. The number of thiocarbonyl (C=S) groups is 1. The highest BCUT2D eigenvalue weighted by atomic mass is 32.1. The van der Waals surface area contributed by atoms with Crippen molar-refractivity contribution in [1.82, 2.24) is 4.98 Å². The molecule has 2 heterocycles. The molecular weight excluding hydrogens is 272 g/mol. The van der Waals surface area contributed by atoms with Crippen molar-refractivity contribution in [2.24, 2.45) is 17.4 Å². The summed E-state index contributed by atoms with van der Waals surface area (Å²) >= 11 is 5.03. The van der Waals surface area contributed by atoms with Crippen molar-refractivity contribution < 1.29 is 4.79 Å². The maximum absolute atomic E-state index is 11.0. The third-order valence-electron chi connectivity index (χ3n) is 3.65. The minimum absolute atomic E-state index is 0.215. The molecule has 108 valence electrons. The van der Waals surface area contributed by atoms with Gasteiger partial charge in [-0.05, 0) is 37.8 Å². The van der Waals surface area contributed by atoms with E-state index >= 15 is 0 Å². The zero-order valence-electron chi connectivity index (χ0n) is 11.6. The first-order valence-electron chi connectivity index (χ1n) is 6.77. The van der Waals surface area contributed by atoms with E-state index in [9.17, 15) is 4.79 Å². The van der Waals surface area contributed by atoms with Crippen molar-refractivity contribution in [3.8, 4) is 0 Å². The quantitative estimate of drug-likeness (QED) is 0.812. The van der Waals surface area contributed by atoms with Crippen molar-refractivity contribution in [2.45, 2.75) is 26.2 Å². The van der Waals surface area contributed by atoms with Crippen LogP contribution in [0.3, 0.4) is 0 Å². The minimum atomic E-state index is -0.215. The summed E-state index contributed by atoms with van der Waals surface area (Å²) in [5, 5.41) is 0. The van der Waals surface area contributed by atoms with E-state index in [1.807, 2.05) is 19.1 Å². The number of pyridine rings is 1. The summed E-state index contributed by atoms with van der Waals surface area (Å²) in [5.74, 6) is 1.09. The number of carbonyl (C=O) groups is 1. The molecule has 6 heteroatoms. The van der Waals surface area contributed by atoms with Gasteiger partial charge in [-0.25, -0.2) is 4.98 Å². The number of primary amides is 1. The number of hydrogen-bond acceptors (Lipinski definition) is 4. The number of carbonyl (C=O) groups excluding carboxylic acids is 1. The molecule has 2 rings (SSSR count). The van der Waals surface area contributed by atoms with Crippen molar-refractivity contribution in [2.75, 3.05) is 18.0 Å². The van der Waals surface area contributed by atoms with E-state index in [4.69, 9.17) is 23.7 Å². The van der Waals surface area contributed by atoms with E-state index in [1.54, 1.807) is 0 Å². The third-order valence-corrected chi connectivity index (χ3v) is 3.89. The van der Waals surface area contributed by atoms with Crippen LogP contribution < -0.4 is 16.4 Å². The molecule has 5 nitrogen and oxygen atoms in total. The number of rotatable bonds is 4. The van der Waals surface area contributed by atoms with Gasteiger partial charge in [0.2, 0.25) is 5.91 Å². The van der Waals surface area contributed by atoms with Crippen LogP contribution in [0.2, 0.25) is 0 Å². The van der Waals surface area contributed by atoms with Gasteiger partial charge in [0.05, 0.1) is 0 Å². The fourth-order valence-corrected chi connectivity index (χ4v) is 2.72. The van der Waals surface area contributed by atoms with Crippen LogP contribution in [0, 0.1) is 12.8 Å². The number of hydrogen-bond donors (Lipinski definition) is 2. The van der Waals surface area contributed by atoms with Gasteiger partial charge in [-0.15, -0.1) is 0 Å². The maximum Gasteiger partial charge on any atom is 0.217 e. The molecule has 0 spiro atoms. The van der Waals surface area contributed by atoms with Gasteiger partial charge in [0, 0.05) is 30.8 Å². The van der Waals surface area contributed by atoms with Crippen LogP contribution in [-0.4, -0.2) is 29.0 Å². The Balaban J connectivity index is 2.07. The highest BCUT2D eigenvalue weighted by molar-refractivity contribution is 7.80. The first kappa shape index (κ1) is 14.7. The predicted octanol–water partition coefficient (Wildman–Crippen LogP) is 1.12. The number of piperidine rings is 1. The zero-order valence-corrected chi connectivity index (χ0v) is 12.4. The molecule has 0 aromatic carbocycles. The Labute approximate surface area is 124 Å². The van der Waals surface area contributed by atoms with Gasteiger partial charge < -0.3 is 16.4 Å². The molecule has 0 unspecified atom stereocenters. The topological polar surface area (TPSA) is 85.2 Å². The van der Waals surface area contributed by atoms with E-state index in [0.717, 1.165) is 43.0 Å². The van der Waals surface area contributed by atoms with Crippen LogP contribution in [-0.2, 0) is 4.79 Å².